The van der Waals surface area contributed by atoms with Crippen LogP contribution >= 0.6 is 0 Å². The van der Waals surface area contributed by atoms with Gasteiger partial charge in [0.1, 0.15) is 12.1 Å². The first-order valence-electron chi connectivity index (χ1n) is 8.32. The van der Waals surface area contributed by atoms with Gasteiger partial charge in [-0.2, -0.15) is 0 Å². The Bertz CT molecular complexity index is 494. The van der Waals surface area contributed by atoms with Gasteiger partial charge in [-0.15, -0.1) is 0 Å². The lowest BCUT2D eigenvalue weighted by molar-refractivity contribution is -0.143. The molecule has 0 aliphatic rings. The number of aliphatic carboxylic acids is 2. The quantitative estimate of drug-likeness (QED) is 0.345. The maximum atomic E-state index is 12.5. The van der Waals surface area contributed by atoms with Crippen LogP contribution in [0.4, 0.5) is 0 Å². The summed E-state index contributed by atoms with van der Waals surface area (Å²) in [5.41, 5.74) is 5.65. The Labute approximate surface area is 147 Å². The van der Waals surface area contributed by atoms with E-state index in [9.17, 15) is 24.3 Å². The Morgan fingerprint density at radius 2 is 1.48 bits per heavy atom. The van der Waals surface area contributed by atoms with Crippen molar-refractivity contribution >= 4 is 23.8 Å². The van der Waals surface area contributed by atoms with E-state index < -0.39 is 41.9 Å². The first kappa shape index (κ1) is 22.8. The second kappa shape index (κ2) is 10.7. The number of carbonyl (C=O) groups excluding carboxylic acids is 2. The van der Waals surface area contributed by atoms with Crippen molar-refractivity contribution in [1.82, 2.24) is 10.6 Å². The lowest BCUT2D eigenvalue weighted by Gasteiger charge is -2.27. The molecule has 0 fully saturated rings. The third-order valence-electron chi connectivity index (χ3n) is 4.03. The molecule has 0 radical (unpaired) electrons. The maximum absolute atomic E-state index is 12.5. The van der Waals surface area contributed by atoms with Gasteiger partial charge < -0.3 is 26.6 Å². The third-order valence-corrected chi connectivity index (χ3v) is 4.03. The van der Waals surface area contributed by atoms with Crippen molar-refractivity contribution in [2.24, 2.45) is 17.6 Å². The standard InChI is InChI=1S/C16H29N3O6/c1-5-9(4)13(15(23)18-12(8(2)3)16(24)25)19-14(22)10(17)6-7-11(20)21/h8-10,12-13H,5-7,17H2,1-4H3,(H,18,23)(H,19,22)(H,20,21)(H,24,25)/t9-,10-,12-,13-/m0/s1. The molecule has 0 saturated carbocycles. The molecule has 9 heteroatoms. The van der Waals surface area contributed by atoms with Gasteiger partial charge >= 0.3 is 11.9 Å². The highest BCUT2D eigenvalue weighted by molar-refractivity contribution is 5.92. The number of amides is 2. The van der Waals surface area contributed by atoms with Gasteiger partial charge in [0.2, 0.25) is 11.8 Å². The van der Waals surface area contributed by atoms with Crippen LogP contribution in [0.1, 0.15) is 47.0 Å². The number of rotatable bonds is 11. The number of nitrogens with one attached hydrogen (secondary N) is 2. The minimum absolute atomic E-state index is 0.0558. The van der Waals surface area contributed by atoms with E-state index in [1.165, 1.54) is 0 Å². The molecule has 144 valence electrons. The summed E-state index contributed by atoms with van der Waals surface area (Å²) in [6.07, 6.45) is 0.255. The normalized spacial score (nSPS) is 15.8. The van der Waals surface area contributed by atoms with E-state index in [0.717, 1.165) is 0 Å². The predicted molar refractivity (Wildman–Crippen MR) is 90.6 cm³/mol. The minimum atomic E-state index is -1.16. The molecule has 0 bridgehead atoms. The van der Waals surface area contributed by atoms with Crippen LogP contribution in [-0.4, -0.2) is 52.1 Å². The molecule has 4 atom stereocenters. The molecule has 0 unspecified atom stereocenters. The molecule has 2 amide bonds. The Kier molecular flexibility index (Phi) is 9.73. The SMILES string of the molecule is CC[C@H](C)[C@H](NC(=O)[C@@H](N)CCC(=O)O)C(=O)N[C@H](C(=O)O)C(C)C. The zero-order valence-corrected chi connectivity index (χ0v) is 15.1. The van der Waals surface area contributed by atoms with Gasteiger partial charge in [0.15, 0.2) is 0 Å². The monoisotopic (exact) mass is 359 g/mol. The summed E-state index contributed by atoms with van der Waals surface area (Å²) in [6.45, 7) is 6.91. The van der Waals surface area contributed by atoms with Crippen LogP contribution in [0.15, 0.2) is 0 Å². The second-order valence-electron chi connectivity index (χ2n) is 6.48. The minimum Gasteiger partial charge on any atom is -0.481 e. The van der Waals surface area contributed by atoms with Crippen molar-refractivity contribution < 1.29 is 29.4 Å². The summed E-state index contributed by atoms with van der Waals surface area (Å²) in [5.74, 6) is -4.05. The van der Waals surface area contributed by atoms with Crippen LogP contribution < -0.4 is 16.4 Å². The van der Waals surface area contributed by atoms with E-state index in [1.54, 1.807) is 20.8 Å². The van der Waals surface area contributed by atoms with E-state index in [-0.39, 0.29) is 24.7 Å². The predicted octanol–water partition coefficient (Wildman–Crippen LogP) is -0.0652. The highest BCUT2D eigenvalue weighted by Gasteiger charge is 2.32. The van der Waals surface area contributed by atoms with E-state index in [4.69, 9.17) is 10.8 Å². The van der Waals surface area contributed by atoms with Gasteiger partial charge in [0.05, 0.1) is 6.04 Å². The van der Waals surface area contributed by atoms with Gasteiger partial charge in [-0.05, 0) is 18.3 Å². The van der Waals surface area contributed by atoms with Crippen molar-refractivity contribution in [2.75, 3.05) is 0 Å². The van der Waals surface area contributed by atoms with E-state index in [2.05, 4.69) is 10.6 Å². The third kappa shape index (κ3) is 7.97. The Balaban J connectivity index is 5.05. The van der Waals surface area contributed by atoms with Crippen molar-refractivity contribution in [2.45, 2.75) is 65.1 Å². The van der Waals surface area contributed by atoms with Gasteiger partial charge in [0.25, 0.3) is 0 Å². The highest BCUT2D eigenvalue weighted by atomic mass is 16.4. The van der Waals surface area contributed by atoms with E-state index in [1.807, 2.05) is 6.92 Å². The second-order valence-corrected chi connectivity index (χ2v) is 6.48. The summed E-state index contributed by atoms with van der Waals surface area (Å²) in [6, 6.07) is -3.08. The van der Waals surface area contributed by atoms with E-state index in [0.29, 0.717) is 6.42 Å². The lowest BCUT2D eigenvalue weighted by Crippen LogP contribution is -2.57. The molecule has 0 aromatic rings. The largest absolute Gasteiger partial charge is 0.481 e. The van der Waals surface area contributed by atoms with Crippen molar-refractivity contribution in [3.63, 3.8) is 0 Å². The number of hydrogen-bond acceptors (Lipinski definition) is 5. The van der Waals surface area contributed by atoms with Gasteiger partial charge in [0, 0.05) is 6.42 Å². The number of hydrogen-bond donors (Lipinski definition) is 5. The zero-order valence-electron chi connectivity index (χ0n) is 15.1. The molecule has 9 nitrogen and oxygen atoms in total. The maximum Gasteiger partial charge on any atom is 0.326 e. The Morgan fingerprint density at radius 1 is 0.960 bits per heavy atom. The summed E-state index contributed by atoms with van der Waals surface area (Å²) in [5, 5.41) is 22.8. The van der Waals surface area contributed by atoms with Crippen LogP contribution in [-0.2, 0) is 19.2 Å². The smallest absolute Gasteiger partial charge is 0.326 e. The van der Waals surface area contributed by atoms with E-state index >= 15 is 0 Å². The molecule has 6 N–H and O–H groups in total. The fraction of sp³-hybridized carbons (Fsp3) is 0.750. The first-order valence-corrected chi connectivity index (χ1v) is 8.32. The molecule has 0 saturated heterocycles. The average molecular weight is 359 g/mol. The summed E-state index contributed by atoms with van der Waals surface area (Å²) in [4.78, 5) is 46.4. The topological polar surface area (TPSA) is 159 Å². The summed E-state index contributed by atoms with van der Waals surface area (Å²) >= 11 is 0. The number of carboxylic acid groups (broad SMARTS) is 2. The van der Waals surface area contributed by atoms with Crippen molar-refractivity contribution in [3.05, 3.63) is 0 Å². The molecule has 25 heavy (non-hydrogen) atoms. The fourth-order valence-electron chi connectivity index (χ4n) is 2.13. The number of nitrogens with two attached hydrogens (primary N) is 1. The highest BCUT2D eigenvalue weighted by Crippen LogP contribution is 2.11. The molecular weight excluding hydrogens is 330 g/mol. The Hall–Kier alpha value is -2.16. The van der Waals surface area contributed by atoms with Gasteiger partial charge in [-0.25, -0.2) is 4.79 Å². The molecule has 0 aromatic carbocycles. The average Bonchev–Trinajstić information content (AvgIpc) is 2.53. The summed E-state index contributed by atoms with van der Waals surface area (Å²) < 4.78 is 0. The number of carbonyl (C=O) groups is 4. The zero-order chi connectivity index (χ0) is 19.7. The van der Waals surface area contributed by atoms with Gasteiger partial charge in [-0.3, -0.25) is 14.4 Å². The lowest BCUT2D eigenvalue weighted by atomic mass is 9.96. The summed E-state index contributed by atoms with van der Waals surface area (Å²) in [7, 11) is 0. The van der Waals surface area contributed by atoms with Crippen LogP contribution in [0.2, 0.25) is 0 Å². The molecule has 0 heterocycles. The van der Waals surface area contributed by atoms with Crippen LogP contribution in [0, 0.1) is 11.8 Å². The molecule has 0 aliphatic heterocycles. The first-order chi connectivity index (χ1) is 11.5. The molecule has 0 spiro atoms. The molecule has 0 aliphatic carbocycles. The van der Waals surface area contributed by atoms with Gasteiger partial charge in [-0.1, -0.05) is 34.1 Å². The van der Waals surface area contributed by atoms with Crippen molar-refractivity contribution in [3.8, 4) is 0 Å². The van der Waals surface area contributed by atoms with Crippen LogP contribution in [0.5, 0.6) is 0 Å². The fourth-order valence-corrected chi connectivity index (χ4v) is 2.13. The molecule has 0 aromatic heterocycles. The molecular formula is C16H29N3O6. The van der Waals surface area contributed by atoms with Crippen LogP contribution in [0.3, 0.4) is 0 Å². The Morgan fingerprint density at radius 3 is 1.88 bits per heavy atom. The van der Waals surface area contributed by atoms with Crippen LogP contribution in [0.25, 0.3) is 0 Å². The van der Waals surface area contributed by atoms with Crippen molar-refractivity contribution in [1.29, 1.82) is 0 Å². The number of carboxylic acids is 2. The molecule has 0 rings (SSSR count).